The highest BCUT2D eigenvalue weighted by atomic mass is 16.6. The number of rotatable bonds is 5. The zero-order chi connectivity index (χ0) is 13.8. The quantitative estimate of drug-likeness (QED) is 0.632. The molecule has 1 aromatic carbocycles. The highest BCUT2D eigenvalue weighted by molar-refractivity contribution is 5.48. The zero-order valence-corrected chi connectivity index (χ0v) is 10.2. The van der Waals surface area contributed by atoms with E-state index in [1.807, 2.05) is 0 Å². The van der Waals surface area contributed by atoms with E-state index in [1.54, 1.807) is 13.1 Å². The fourth-order valence-corrected chi connectivity index (χ4v) is 1.52. The lowest BCUT2D eigenvalue weighted by Crippen LogP contribution is -2.06. The Morgan fingerprint density at radius 2 is 2.32 bits per heavy atom. The highest BCUT2D eigenvalue weighted by Crippen LogP contribution is 2.28. The predicted octanol–water partition coefficient (Wildman–Crippen LogP) is 0.795. The van der Waals surface area contributed by atoms with Crippen molar-refractivity contribution in [1.29, 1.82) is 0 Å². The van der Waals surface area contributed by atoms with Crippen molar-refractivity contribution < 1.29 is 14.8 Å². The molecule has 0 amide bonds. The first-order valence-electron chi connectivity index (χ1n) is 5.45. The Bertz CT molecular complexity index is 596. The molecule has 1 heterocycles. The van der Waals surface area contributed by atoms with Crippen molar-refractivity contribution >= 4 is 5.69 Å². The van der Waals surface area contributed by atoms with Crippen LogP contribution in [-0.2, 0) is 20.3 Å². The van der Waals surface area contributed by atoms with E-state index in [-0.39, 0.29) is 24.7 Å². The van der Waals surface area contributed by atoms with Gasteiger partial charge in [0.2, 0.25) is 0 Å². The van der Waals surface area contributed by atoms with Crippen LogP contribution in [0, 0.1) is 10.1 Å². The molecule has 0 aliphatic rings. The van der Waals surface area contributed by atoms with Gasteiger partial charge in [-0.3, -0.25) is 14.8 Å². The molecular formula is C11H12N4O4. The molecule has 8 nitrogen and oxygen atoms in total. The number of benzene rings is 1. The predicted molar refractivity (Wildman–Crippen MR) is 64.4 cm³/mol. The molecular weight excluding hydrogens is 252 g/mol. The Morgan fingerprint density at radius 1 is 1.53 bits per heavy atom. The normalized spacial score (nSPS) is 10.4. The minimum atomic E-state index is -0.550. The fraction of sp³-hybridized carbons (Fsp3) is 0.273. The summed E-state index contributed by atoms with van der Waals surface area (Å²) in [7, 11) is 1.70. The van der Waals surface area contributed by atoms with E-state index < -0.39 is 4.92 Å². The van der Waals surface area contributed by atoms with Crippen LogP contribution in [-0.4, -0.2) is 24.8 Å². The van der Waals surface area contributed by atoms with Crippen LogP contribution >= 0.6 is 0 Å². The monoisotopic (exact) mass is 264 g/mol. The van der Waals surface area contributed by atoms with E-state index in [4.69, 9.17) is 9.84 Å². The number of hydrogen-bond acceptors (Lipinski definition) is 6. The summed E-state index contributed by atoms with van der Waals surface area (Å²) in [6.07, 6.45) is 1.38. The number of aromatic nitrogens is 3. The molecule has 1 N–H and O–H groups in total. The second kappa shape index (κ2) is 5.44. The van der Waals surface area contributed by atoms with Crippen molar-refractivity contribution in [3.63, 3.8) is 0 Å². The zero-order valence-electron chi connectivity index (χ0n) is 10.2. The Labute approximate surface area is 108 Å². The van der Waals surface area contributed by atoms with Crippen LogP contribution in [0.5, 0.6) is 5.75 Å². The third-order valence-electron chi connectivity index (χ3n) is 2.56. The largest absolute Gasteiger partial charge is 0.479 e. The number of aliphatic hydroxyl groups excluding tert-OH is 1. The molecule has 0 saturated carbocycles. The number of aliphatic hydroxyl groups is 1. The van der Waals surface area contributed by atoms with Crippen molar-refractivity contribution in [2.75, 3.05) is 0 Å². The summed E-state index contributed by atoms with van der Waals surface area (Å²) in [4.78, 5) is 14.3. The minimum absolute atomic E-state index is 0.0792. The Kier molecular flexibility index (Phi) is 3.71. The maximum atomic E-state index is 10.9. The molecule has 0 bridgehead atoms. The number of nitro groups is 1. The lowest BCUT2D eigenvalue weighted by molar-refractivity contribution is -0.386. The van der Waals surface area contributed by atoms with Gasteiger partial charge < -0.3 is 9.84 Å². The van der Waals surface area contributed by atoms with Crippen LogP contribution in [0.1, 0.15) is 11.4 Å². The molecule has 0 aliphatic carbocycles. The van der Waals surface area contributed by atoms with Gasteiger partial charge in [-0.05, 0) is 11.6 Å². The van der Waals surface area contributed by atoms with Crippen molar-refractivity contribution in [3.8, 4) is 5.75 Å². The molecule has 100 valence electrons. The molecule has 2 rings (SSSR count). The summed E-state index contributed by atoms with van der Waals surface area (Å²) in [6, 6.07) is 4.31. The summed E-state index contributed by atoms with van der Waals surface area (Å²) >= 11 is 0. The second-order valence-electron chi connectivity index (χ2n) is 3.81. The summed E-state index contributed by atoms with van der Waals surface area (Å²) in [5.41, 5.74) is 0.270. The molecule has 0 unspecified atom stereocenters. The summed E-state index contributed by atoms with van der Waals surface area (Å²) in [5.74, 6) is 0.686. The number of hydrogen-bond donors (Lipinski definition) is 1. The topological polar surface area (TPSA) is 103 Å². The molecule has 0 aliphatic heterocycles. The van der Waals surface area contributed by atoms with Gasteiger partial charge in [-0.2, -0.15) is 5.10 Å². The molecule has 0 radical (unpaired) electrons. The van der Waals surface area contributed by atoms with E-state index in [0.29, 0.717) is 11.4 Å². The van der Waals surface area contributed by atoms with Gasteiger partial charge in [0.05, 0.1) is 11.5 Å². The maximum Gasteiger partial charge on any atom is 0.311 e. The van der Waals surface area contributed by atoms with Crippen molar-refractivity contribution in [3.05, 3.63) is 46.0 Å². The van der Waals surface area contributed by atoms with Crippen LogP contribution in [0.4, 0.5) is 5.69 Å². The van der Waals surface area contributed by atoms with Crippen LogP contribution < -0.4 is 4.74 Å². The third-order valence-corrected chi connectivity index (χ3v) is 2.56. The van der Waals surface area contributed by atoms with Crippen LogP contribution in [0.25, 0.3) is 0 Å². The van der Waals surface area contributed by atoms with Crippen LogP contribution in [0.15, 0.2) is 24.5 Å². The summed E-state index contributed by atoms with van der Waals surface area (Å²) in [5, 5.41) is 23.8. The highest BCUT2D eigenvalue weighted by Gasteiger charge is 2.16. The summed E-state index contributed by atoms with van der Waals surface area (Å²) < 4.78 is 6.90. The van der Waals surface area contributed by atoms with E-state index in [2.05, 4.69) is 10.1 Å². The number of nitrogens with zero attached hydrogens (tertiary/aromatic N) is 4. The molecule has 0 saturated heterocycles. The maximum absolute atomic E-state index is 10.9. The van der Waals surface area contributed by atoms with E-state index in [9.17, 15) is 10.1 Å². The molecule has 0 spiro atoms. The molecule has 8 heteroatoms. The lowest BCUT2D eigenvalue weighted by Gasteiger charge is -2.07. The molecule has 19 heavy (non-hydrogen) atoms. The number of aryl methyl sites for hydroxylation is 1. The second-order valence-corrected chi connectivity index (χ2v) is 3.81. The lowest BCUT2D eigenvalue weighted by atomic mass is 10.2. The third kappa shape index (κ3) is 2.86. The molecule has 1 aromatic heterocycles. The van der Waals surface area contributed by atoms with Gasteiger partial charge in [-0.15, -0.1) is 0 Å². The first kappa shape index (κ1) is 13.0. The Hall–Kier alpha value is -2.48. The Balaban J connectivity index is 2.20. The van der Waals surface area contributed by atoms with Crippen molar-refractivity contribution in [2.24, 2.45) is 7.05 Å². The standard InChI is InChI=1S/C11H12N4O4/c1-14-11(12-7-13-14)6-19-10-3-2-8(5-16)4-9(10)15(17)18/h2-4,7,16H,5-6H2,1H3. The minimum Gasteiger partial charge on any atom is -0.479 e. The molecule has 2 aromatic rings. The average molecular weight is 264 g/mol. The van der Waals surface area contributed by atoms with Crippen molar-refractivity contribution in [2.45, 2.75) is 13.2 Å². The molecule has 0 fully saturated rings. The van der Waals surface area contributed by atoms with Crippen LogP contribution in [0.2, 0.25) is 0 Å². The van der Waals surface area contributed by atoms with Gasteiger partial charge >= 0.3 is 5.69 Å². The van der Waals surface area contributed by atoms with Crippen LogP contribution in [0.3, 0.4) is 0 Å². The molecule has 0 atom stereocenters. The first-order valence-corrected chi connectivity index (χ1v) is 5.45. The van der Waals surface area contributed by atoms with Gasteiger partial charge in [0.1, 0.15) is 12.9 Å². The first-order chi connectivity index (χ1) is 9.11. The van der Waals surface area contributed by atoms with Gasteiger partial charge in [0, 0.05) is 13.1 Å². The van der Waals surface area contributed by atoms with Gasteiger partial charge in [-0.25, -0.2) is 4.98 Å². The number of ether oxygens (including phenoxy) is 1. The van der Waals surface area contributed by atoms with E-state index in [1.165, 1.54) is 23.1 Å². The Morgan fingerprint density at radius 3 is 2.89 bits per heavy atom. The SMILES string of the molecule is Cn1ncnc1COc1ccc(CO)cc1[N+](=O)[O-]. The smallest absolute Gasteiger partial charge is 0.311 e. The van der Waals surface area contributed by atoms with Crippen molar-refractivity contribution in [1.82, 2.24) is 14.8 Å². The fourth-order valence-electron chi connectivity index (χ4n) is 1.52. The number of nitro benzene ring substituents is 1. The van der Waals surface area contributed by atoms with Gasteiger partial charge in [0.15, 0.2) is 11.6 Å². The van der Waals surface area contributed by atoms with Gasteiger partial charge in [-0.1, -0.05) is 6.07 Å². The average Bonchev–Trinajstić information content (AvgIpc) is 2.81. The van der Waals surface area contributed by atoms with E-state index in [0.717, 1.165) is 0 Å². The van der Waals surface area contributed by atoms with E-state index >= 15 is 0 Å². The summed E-state index contributed by atoms with van der Waals surface area (Å²) in [6.45, 7) is -0.180. The van der Waals surface area contributed by atoms with Gasteiger partial charge in [0.25, 0.3) is 0 Å².